The Kier molecular flexibility index (Phi) is 2.98. The minimum atomic E-state index is -1.85. The molecule has 0 spiro atoms. The zero-order chi connectivity index (χ0) is 14.4. The number of carboxylic acids is 1. The van der Waals surface area contributed by atoms with E-state index in [0.29, 0.717) is 16.7 Å². The number of hydrogen-bond acceptors (Lipinski definition) is 4. The molecule has 0 aliphatic rings. The number of carbonyl (C=O) groups is 1. The Morgan fingerprint density at radius 1 is 1.47 bits per heavy atom. The summed E-state index contributed by atoms with van der Waals surface area (Å²) in [5.41, 5.74) is 0.607. The van der Waals surface area contributed by atoms with E-state index in [1.165, 1.54) is 11.5 Å². The van der Waals surface area contributed by atoms with Crippen LogP contribution in [-0.4, -0.2) is 26.4 Å². The summed E-state index contributed by atoms with van der Waals surface area (Å²) < 4.78 is 6.47. The predicted molar refractivity (Wildman–Crippen MR) is 68.2 cm³/mol. The molecule has 0 bridgehead atoms. The molecule has 0 amide bonds. The third kappa shape index (κ3) is 2.26. The van der Waals surface area contributed by atoms with Crippen LogP contribution in [0.1, 0.15) is 18.1 Å². The van der Waals surface area contributed by atoms with Crippen LogP contribution in [0.15, 0.2) is 21.3 Å². The van der Waals surface area contributed by atoms with Gasteiger partial charge in [0, 0.05) is 13.5 Å². The minimum absolute atomic E-state index is 0.0578. The molecule has 0 radical (unpaired) electrons. The largest absolute Gasteiger partial charge is 0.479 e. The Balaban J connectivity index is 2.53. The highest BCUT2D eigenvalue weighted by Crippen LogP contribution is 2.22. The number of benzene rings is 1. The summed E-state index contributed by atoms with van der Waals surface area (Å²) >= 11 is 0. The van der Waals surface area contributed by atoms with Crippen LogP contribution in [0.5, 0.6) is 0 Å². The van der Waals surface area contributed by atoms with Gasteiger partial charge >= 0.3 is 11.7 Å². The Morgan fingerprint density at radius 3 is 2.68 bits per heavy atom. The first-order valence-corrected chi connectivity index (χ1v) is 5.77. The summed E-state index contributed by atoms with van der Waals surface area (Å²) in [7, 11) is 1.61. The lowest BCUT2D eigenvalue weighted by Crippen LogP contribution is -2.37. The highest BCUT2D eigenvalue weighted by molar-refractivity contribution is 5.79. The third-order valence-electron chi connectivity index (χ3n) is 3.14. The second-order valence-electron chi connectivity index (χ2n) is 4.94. The summed E-state index contributed by atoms with van der Waals surface area (Å²) in [6.07, 6.45) is -0.0578. The number of aromatic nitrogens is 1. The van der Waals surface area contributed by atoms with Crippen molar-refractivity contribution in [2.75, 3.05) is 0 Å². The van der Waals surface area contributed by atoms with Crippen molar-refractivity contribution in [2.24, 2.45) is 7.05 Å². The molecule has 1 unspecified atom stereocenters. The van der Waals surface area contributed by atoms with Crippen molar-refractivity contribution in [3.63, 3.8) is 0 Å². The molecular weight excluding hydrogens is 250 g/mol. The molecular formula is C13H15NO5. The monoisotopic (exact) mass is 265 g/mol. The van der Waals surface area contributed by atoms with E-state index < -0.39 is 17.3 Å². The van der Waals surface area contributed by atoms with E-state index in [1.54, 1.807) is 26.1 Å². The van der Waals surface area contributed by atoms with Gasteiger partial charge in [0.05, 0.1) is 5.52 Å². The molecule has 2 aromatic rings. The Bertz CT molecular complexity index is 708. The van der Waals surface area contributed by atoms with Crippen LogP contribution in [0, 0.1) is 6.92 Å². The standard InChI is InChI=1S/C13H15NO5/c1-7-4-8(6-13(2,18)11(15)16)5-9-10(7)14(3)12(17)19-9/h4-5,18H,6H2,1-3H3,(H,15,16). The lowest BCUT2D eigenvalue weighted by molar-refractivity contribution is -0.156. The van der Waals surface area contributed by atoms with Gasteiger partial charge in [0.15, 0.2) is 11.2 Å². The van der Waals surface area contributed by atoms with Crippen LogP contribution in [0.4, 0.5) is 0 Å². The molecule has 6 nitrogen and oxygen atoms in total. The van der Waals surface area contributed by atoms with Crippen LogP contribution in [0.25, 0.3) is 11.1 Å². The molecule has 2 rings (SSSR count). The van der Waals surface area contributed by atoms with Crippen molar-refractivity contribution in [3.05, 3.63) is 33.8 Å². The predicted octanol–water partition coefficient (Wildman–Crippen LogP) is 0.818. The fraction of sp³-hybridized carbons (Fsp3) is 0.385. The van der Waals surface area contributed by atoms with Crippen LogP contribution in [-0.2, 0) is 18.3 Å². The first kappa shape index (κ1) is 13.4. The maximum Gasteiger partial charge on any atom is 0.419 e. The van der Waals surface area contributed by atoms with Gasteiger partial charge in [0.25, 0.3) is 0 Å². The Morgan fingerprint density at radius 2 is 2.11 bits per heavy atom. The van der Waals surface area contributed by atoms with E-state index >= 15 is 0 Å². The topological polar surface area (TPSA) is 92.7 Å². The smallest absolute Gasteiger partial charge is 0.419 e. The van der Waals surface area contributed by atoms with Gasteiger partial charge in [-0.15, -0.1) is 0 Å². The van der Waals surface area contributed by atoms with Gasteiger partial charge in [-0.25, -0.2) is 9.59 Å². The van der Waals surface area contributed by atoms with Gasteiger partial charge in [-0.2, -0.15) is 0 Å². The van der Waals surface area contributed by atoms with Crippen molar-refractivity contribution in [1.29, 1.82) is 0 Å². The van der Waals surface area contributed by atoms with Crippen molar-refractivity contribution < 1.29 is 19.4 Å². The first-order chi connectivity index (χ1) is 8.72. The zero-order valence-corrected chi connectivity index (χ0v) is 10.9. The maximum absolute atomic E-state index is 11.4. The second-order valence-corrected chi connectivity index (χ2v) is 4.94. The second kappa shape index (κ2) is 4.24. The van der Waals surface area contributed by atoms with E-state index in [2.05, 4.69) is 0 Å². The van der Waals surface area contributed by atoms with Crippen molar-refractivity contribution in [1.82, 2.24) is 4.57 Å². The van der Waals surface area contributed by atoms with Gasteiger partial charge in [-0.1, -0.05) is 6.07 Å². The first-order valence-electron chi connectivity index (χ1n) is 5.77. The third-order valence-corrected chi connectivity index (χ3v) is 3.14. The lowest BCUT2D eigenvalue weighted by atomic mass is 9.95. The molecule has 1 aromatic carbocycles. The van der Waals surface area contributed by atoms with E-state index in [9.17, 15) is 14.7 Å². The minimum Gasteiger partial charge on any atom is -0.479 e. The number of oxazole rings is 1. The molecule has 1 heterocycles. The zero-order valence-electron chi connectivity index (χ0n) is 10.9. The van der Waals surface area contributed by atoms with Crippen LogP contribution >= 0.6 is 0 Å². The molecule has 102 valence electrons. The maximum atomic E-state index is 11.4. The van der Waals surface area contributed by atoms with Gasteiger partial charge in [0.1, 0.15) is 0 Å². The normalized spacial score (nSPS) is 14.5. The summed E-state index contributed by atoms with van der Waals surface area (Å²) in [5, 5.41) is 18.7. The Labute approximate surface area is 108 Å². The van der Waals surface area contributed by atoms with Crippen LogP contribution in [0.2, 0.25) is 0 Å². The van der Waals surface area contributed by atoms with Crippen molar-refractivity contribution >= 4 is 17.1 Å². The molecule has 0 saturated carbocycles. The molecule has 1 aromatic heterocycles. The summed E-state index contributed by atoms with van der Waals surface area (Å²) in [4.78, 5) is 22.4. The average Bonchev–Trinajstić information content (AvgIpc) is 2.53. The molecule has 0 aliphatic carbocycles. The molecule has 0 fully saturated rings. The van der Waals surface area contributed by atoms with Gasteiger partial charge in [0.2, 0.25) is 0 Å². The highest BCUT2D eigenvalue weighted by atomic mass is 16.4. The molecule has 2 N–H and O–H groups in total. The van der Waals surface area contributed by atoms with Crippen molar-refractivity contribution in [2.45, 2.75) is 25.9 Å². The highest BCUT2D eigenvalue weighted by Gasteiger charge is 2.30. The molecule has 1 atom stereocenters. The van der Waals surface area contributed by atoms with Crippen molar-refractivity contribution in [3.8, 4) is 0 Å². The van der Waals surface area contributed by atoms with E-state index in [-0.39, 0.29) is 6.42 Å². The number of carboxylic acid groups (broad SMARTS) is 1. The molecule has 19 heavy (non-hydrogen) atoms. The molecule has 6 heteroatoms. The van der Waals surface area contributed by atoms with E-state index in [4.69, 9.17) is 9.52 Å². The number of aliphatic hydroxyl groups is 1. The van der Waals surface area contributed by atoms with Gasteiger partial charge in [-0.05, 0) is 31.0 Å². The number of aryl methyl sites for hydroxylation is 2. The summed E-state index contributed by atoms with van der Waals surface area (Å²) in [5.74, 6) is -1.76. The Hall–Kier alpha value is -2.08. The van der Waals surface area contributed by atoms with E-state index in [1.807, 2.05) is 0 Å². The van der Waals surface area contributed by atoms with Gasteiger partial charge < -0.3 is 14.6 Å². The summed E-state index contributed by atoms with van der Waals surface area (Å²) in [6.45, 7) is 3.03. The van der Waals surface area contributed by atoms with Crippen LogP contribution < -0.4 is 5.76 Å². The number of nitrogens with zero attached hydrogens (tertiary/aromatic N) is 1. The van der Waals surface area contributed by atoms with E-state index in [0.717, 1.165) is 5.56 Å². The quantitative estimate of drug-likeness (QED) is 0.857. The fourth-order valence-electron chi connectivity index (χ4n) is 2.16. The van der Waals surface area contributed by atoms with Crippen LogP contribution in [0.3, 0.4) is 0 Å². The number of fused-ring (bicyclic) bond motifs is 1. The average molecular weight is 265 g/mol. The lowest BCUT2D eigenvalue weighted by Gasteiger charge is -2.18. The SMILES string of the molecule is Cc1cc(CC(C)(O)C(=O)O)cc2oc(=O)n(C)c12. The molecule has 0 aliphatic heterocycles. The molecule has 0 saturated heterocycles. The number of hydrogen-bond donors (Lipinski definition) is 2. The van der Waals surface area contributed by atoms with Gasteiger partial charge in [-0.3, -0.25) is 4.57 Å². The summed E-state index contributed by atoms with van der Waals surface area (Å²) in [6, 6.07) is 3.33. The fourth-order valence-corrected chi connectivity index (χ4v) is 2.16. The number of rotatable bonds is 3. The number of aliphatic carboxylic acids is 1.